The van der Waals surface area contributed by atoms with Crippen LogP contribution in [0, 0.1) is 0 Å². The summed E-state index contributed by atoms with van der Waals surface area (Å²) in [4.78, 5) is 6.28. The zero-order chi connectivity index (χ0) is 9.94. The van der Waals surface area contributed by atoms with Gasteiger partial charge in [0.1, 0.15) is 0 Å². The van der Waals surface area contributed by atoms with E-state index in [-0.39, 0.29) is 0 Å². The Morgan fingerprint density at radius 2 is 2.23 bits per heavy atom. The highest BCUT2D eigenvalue weighted by Crippen LogP contribution is 2.00. The van der Waals surface area contributed by atoms with Gasteiger partial charge in [0.05, 0.1) is 0 Å². The molecular weight excluding hydrogens is 203 g/mol. The molecule has 0 bridgehead atoms. The molecule has 1 unspecified atom stereocenters. The van der Waals surface area contributed by atoms with Crippen molar-refractivity contribution < 1.29 is 0 Å². The number of hydrogen-bond acceptors (Lipinski definition) is 1. The van der Waals surface area contributed by atoms with Gasteiger partial charge in [-0.15, -0.1) is 9.24 Å². The smallest absolute Gasteiger partial charge is 0.199 e. The molecule has 0 saturated carbocycles. The van der Waals surface area contributed by atoms with Crippen molar-refractivity contribution >= 4 is 20.8 Å². The maximum absolute atomic E-state index is 5.29. The van der Waals surface area contributed by atoms with E-state index in [0.29, 0.717) is 5.28 Å². The Hall–Kier alpha value is -0.0700. The first kappa shape index (κ1) is 12.9. The summed E-state index contributed by atoms with van der Waals surface area (Å²) >= 11 is 5.29. The van der Waals surface area contributed by atoms with E-state index in [9.17, 15) is 0 Å². The summed E-state index contributed by atoms with van der Waals surface area (Å²) in [7, 11) is 2.75. The predicted octanol–water partition coefficient (Wildman–Crippen LogP) is 3.50. The summed E-state index contributed by atoms with van der Waals surface area (Å²) in [6.07, 6.45) is 10.1. The maximum atomic E-state index is 5.29. The number of halogens is 1. The highest BCUT2D eigenvalue weighted by Gasteiger charge is 1.80. The van der Waals surface area contributed by atoms with E-state index < -0.39 is 0 Å². The number of imidazole rings is 1. The van der Waals surface area contributed by atoms with Gasteiger partial charge in [0.25, 0.3) is 0 Å². The fraction of sp³-hybridized carbons (Fsp3) is 0.667. The van der Waals surface area contributed by atoms with Gasteiger partial charge in [0.2, 0.25) is 0 Å². The monoisotopic (exact) mass is 220 g/mol. The van der Waals surface area contributed by atoms with Crippen molar-refractivity contribution in [2.75, 3.05) is 6.16 Å². The number of H-pyrrole nitrogens is 1. The number of aromatic amines is 1. The zero-order valence-corrected chi connectivity index (χ0v) is 10.0. The summed E-state index contributed by atoms with van der Waals surface area (Å²) in [5, 5.41) is 0.440. The molecule has 1 aromatic rings. The van der Waals surface area contributed by atoms with Crippen LogP contribution in [-0.4, -0.2) is 16.1 Å². The Kier molecular flexibility index (Phi) is 9.96. The standard InChI is InChI=1S/C6H15P.C3H3ClN2/c1-2-3-4-5-6-7;4-3-5-1-2-6-3/h2-7H2,1H3;1-2H,(H,5,6). The van der Waals surface area contributed by atoms with Gasteiger partial charge in [-0.05, 0) is 24.2 Å². The largest absolute Gasteiger partial charge is 0.335 e. The number of aromatic nitrogens is 2. The van der Waals surface area contributed by atoms with Gasteiger partial charge < -0.3 is 4.98 Å². The first-order chi connectivity index (χ1) is 6.31. The Morgan fingerprint density at radius 3 is 2.54 bits per heavy atom. The third kappa shape index (κ3) is 9.85. The molecule has 1 heterocycles. The second kappa shape index (κ2) is 10.0. The maximum Gasteiger partial charge on any atom is 0.199 e. The van der Waals surface area contributed by atoms with E-state index in [0.717, 1.165) is 0 Å². The minimum absolute atomic E-state index is 0.440. The first-order valence-electron chi connectivity index (χ1n) is 4.66. The van der Waals surface area contributed by atoms with Crippen molar-refractivity contribution in [3.8, 4) is 0 Å². The Bertz CT molecular complexity index is 174. The molecule has 1 N–H and O–H groups in total. The van der Waals surface area contributed by atoms with E-state index in [1.807, 2.05) is 0 Å². The first-order valence-corrected chi connectivity index (χ1v) is 5.85. The van der Waals surface area contributed by atoms with Gasteiger partial charge in [0.15, 0.2) is 5.28 Å². The van der Waals surface area contributed by atoms with E-state index in [1.54, 1.807) is 12.4 Å². The van der Waals surface area contributed by atoms with Crippen LogP contribution >= 0.6 is 20.8 Å². The minimum atomic E-state index is 0.440. The van der Waals surface area contributed by atoms with E-state index in [2.05, 4.69) is 26.1 Å². The number of nitrogens with one attached hydrogen (secondary N) is 1. The quantitative estimate of drug-likeness (QED) is 0.611. The molecule has 0 aliphatic heterocycles. The summed E-state index contributed by atoms with van der Waals surface area (Å²) in [6.45, 7) is 2.24. The van der Waals surface area contributed by atoms with Gasteiger partial charge >= 0.3 is 0 Å². The molecule has 0 aliphatic rings. The third-order valence-electron chi connectivity index (χ3n) is 1.52. The van der Waals surface area contributed by atoms with Crippen molar-refractivity contribution in [3.63, 3.8) is 0 Å². The topological polar surface area (TPSA) is 28.7 Å². The van der Waals surface area contributed by atoms with Crippen molar-refractivity contribution in [1.82, 2.24) is 9.97 Å². The fourth-order valence-electron chi connectivity index (χ4n) is 0.817. The third-order valence-corrected chi connectivity index (χ3v) is 2.14. The molecule has 1 aromatic heterocycles. The lowest BCUT2D eigenvalue weighted by Crippen LogP contribution is -1.73. The number of unbranched alkanes of at least 4 members (excludes halogenated alkanes) is 3. The second-order valence-electron chi connectivity index (χ2n) is 2.73. The van der Waals surface area contributed by atoms with Gasteiger partial charge in [-0.1, -0.05) is 26.2 Å². The van der Waals surface area contributed by atoms with Crippen LogP contribution in [0.5, 0.6) is 0 Å². The average Bonchev–Trinajstić information content (AvgIpc) is 2.58. The van der Waals surface area contributed by atoms with Crippen LogP contribution in [0.1, 0.15) is 32.6 Å². The van der Waals surface area contributed by atoms with E-state index >= 15 is 0 Å². The molecule has 0 saturated heterocycles. The van der Waals surface area contributed by atoms with Crippen molar-refractivity contribution in [2.45, 2.75) is 32.6 Å². The molecule has 0 aliphatic carbocycles. The van der Waals surface area contributed by atoms with Gasteiger partial charge in [-0.3, -0.25) is 0 Å². The van der Waals surface area contributed by atoms with Crippen molar-refractivity contribution in [2.24, 2.45) is 0 Å². The van der Waals surface area contributed by atoms with Gasteiger partial charge in [-0.25, -0.2) is 4.98 Å². The second-order valence-corrected chi connectivity index (χ2v) is 3.66. The average molecular weight is 221 g/mol. The molecule has 1 atom stereocenters. The summed E-state index contributed by atoms with van der Waals surface area (Å²) in [5.41, 5.74) is 0. The number of nitrogens with zero attached hydrogens (tertiary/aromatic N) is 1. The molecular formula is C9H18ClN2P. The van der Waals surface area contributed by atoms with Crippen molar-refractivity contribution in [1.29, 1.82) is 0 Å². The molecule has 0 amide bonds. The zero-order valence-electron chi connectivity index (χ0n) is 8.09. The minimum Gasteiger partial charge on any atom is -0.335 e. The van der Waals surface area contributed by atoms with Crippen LogP contribution in [0.25, 0.3) is 0 Å². The van der Waals surface area contributed by atoms with Crippen LogP contribution < -0.4 is 0 Å². The highest BCUT2D eigenvalue weighted by atomic mass is 35.5. The fourth-order valence-corrected chi connectivity index (χ4v) is 1.23. The lowest BCUT2D eigenvalue weighted by Gasteiger charge is -1.90. The van der Waals surface area contributed by atoms with Gasteiger partial charge in [-0.2, -0.15) is 0 Å². The van der Waals surface area contributed by atoms with Crippen LogP contribution in [0.4, 0.5) is 0 Å². The molecule has 0 fully saturated rings. The SMILES string of the molecule is CCCCCCP.Clc1ncc[nH]1. The van der Waals surface area contributed by atoms with E-state index in [1.165, 1.54) is 31.8 Å². The predicted molar refractivity (Wildman–Crippen MR) is 62.3 cm³/mol. The Labute approximate surface area is 87.7 Å². The lowest BCUT2D eigenvalue weighted by atomic mass is 10.2. The van der Waals surface area contributed by atoms with E-state index in [4.69, 9.17) is 11.6 Å². The number of rotatable bonds is 4. The lowest BCUT2D eigenvalue weighted by molar-refractivity contribution is 0.706. The van der Waals surface area contributed by atoms with Crippen LogP contribution in [0.3, 0.4) is 0 Å². The molecule has 13 heavy (non-hydrogen) atoms. The highest BCUT2D eigenvalue weighted by molar-refractivity contribution is 7.16. The molecule has 4 heteroatoms. The summed E-state index contributed by atoms with van der Waals surface area (Å²) in [5.74, 6) is 0. The number of hydrogen-bond donors (Lipinski definition) is 1. The molecule has 0 radical (unpaired) electrons. The molecule has 0 spiro atoms. The Balaban J connectivity index is 0.000000223. The summed E-state index contributed by atoms with van der Waals surface area (Å²) in [6, 6.07) is 0. The van der Waals surface area contributed by atoms with Crippen LogP contribution in [0.2, 0.25) is 5.28 Å². The summed E-state index contributed by atoms with van der Waals surface area (Å²) < 4.78 is 0. The van der Waals surface area contributed by atoms with Crippen LogP contribution in [-0.2, 0) is 0 Å². The normalized spacial score (nSPS) is 9.15. The van der Waals surface area contributed by atoms with Gasteiger partial charge in [0, 0.05) is 12.4 Å². The Morgan fingerprint density at radius 1 is 1.46 bits per heavy atom. The molecule has 1 rings (SSSR count). The molecule has 76 valence electrons. The molecule has 0 aromatic carbocycles. The molecule has 2 nitrogen and oxygen atoms in total. The van der Waals surface area contributed by atoms with Crippen LogP contribution in [0.15, 0.2) is 12.4 Å². The van der Waals surface area contributed by atoms with Crippen molar-refractivity contribution in [3.05, 3.63) is 17.7 Å².